The second-order valence-electron chi connectivity index (χ2n) is 12.6. The summed E-state index contributed by atoms with van der Waals surface area (Å²) in [7, 11) is 1.55. The number of pyridine rings is 1. The average molecular weight is 666 g/mol. The normalized spacial score (nSPS) is 24.1. The minimum Gasteiger partial charge on any atom is -0.369 e. The van der Waals surface area contributed by atoms with Gasteiger partial charge < -0.3 is 14.7 Å². The molecule has 5 rings (SSSR count). The molecule has 2 amide bonds. The minimum absolute atomic E-state index is 0.0472. The molecule has 1 unspecified atom stereocenters. The first kappa shape index (κ1) is 34.4. The molecule has 0 N–H and O–H groups in total. The third-order valence-corrected chi connectivity index (χ3v) is 9.46. The molecular weight excluding hydrogens is 628 g/mol. The number of likely N-dealkylation sites (tertiary alicyclic amines) is 1. The Hall–Kier alpha value is -3.94. The number of rotatable bonds is 7. The number of aromatic nitrogens is 1. The van der Waals surface area contributed by atoms with E-state index < -0.39 is 59.3 Å². The third-order valence-electron chi connectivity index (χ3n) is 9.46. The Kier molecular flexibility index (Phi) is 9.46. The summed E-state index contributed by atoms with van der Waals surface area (Å²) in [6.07, 6.45) is -7.86. The highest BCUT2D eigenvalue weighted by atomic mass is 19.4. The van der Waals surface area contributed by atoms with E-state index in [4.69, 9.17) is 0 Å². The molecule has 14 heteroatoms. The molecule has 2 saturated heterocycles. The number of nitrogens with zero attached hydrogens (tertiary/aromatic N) is 5. The fraction of sp³-hybridized carbons (Fsp3) is 0.515. The molecule has 1 aromatic carbocycles. The van der Waals surface area contributed by atoms with Gasteiger partial charge in [-0.15, -0.1) is 0 Å². The summed E-state index contributed by atoms with van der Waals surface area (Å²) in [5, 5.41) is 0. The topological polar surface area (TPSA) is 77.1 Å². The number of carbonyl (C=O) groups excluding carboxylic acids is 3. The van der Waals surface area contributed by atoms with E-state index in [1.807, 2.05) is 17.9 Å². The van der Waals surface area contributed by atoms with E-state index in [0.29, 0.717) is 31.7 Å². The van der Waals surface area contributed by atoms with Gasteiger partial charge in [-0.25, -0.2) is 4.98 Å². The molecule has 8 nitrogen and oxygen atoms in total. The molecule has 0 aliphatic carbocycles. The van der Waals surface area contributed by atoms with Crippen molar-refractivity contribution in [1.82, 2.24) is 9.88 Å². The van der Waals surface area contributed by atoms with E-state index in [9.17, 15) is 40.7 Å². The predicted octanol–water partition coefficient (Wildman–Crippen LogP) is 5.57. The van der Waals surface area contributed by atoms with E-state index in [2.05, 4.69) is 11.6 Å². The Morgan fingerprint density at radius 1 is 1.06 bits per heavy atom. The number of allylic oxidation sites excluding steroid dienone is 1. The van der Waals surface area contributed by atoms with Crippen molar-refractivity contribution in [3.05, 3.63) is 59.8 Å². The van der Waals surface area contributed by atoms with Gasteiger partial charge in [0.15, 0.2) is 5.78 Å². The van der Waals surface area contributed by atoms with Crippen LogP contribution in [0.15, 0.2) is 43.0 Å². The summed E-state index contributed by atoms with van der Waals surface area (Å²) in [6.45, 7) is 7.54. The van der Waals surface area contributed by atoms with E-state index in [1.165, 1.54) is 11.8 Å². The molecule has 254 valence electrons. The molecule has 47 heavy (non-hydrogen) atoms. The number of para-hydroxylation sites is 1. The van der Waals surface area contributed by atoms with Crippen LogP contribution >= 0.6 is 0 Å². The number of hydrogen-bond acceptors (Lipinski definition) is 6. The average Bonchev–Trinajstić information content (AvgIpc) is 3.32. The molecule has 0 saturated carbocycles. The smallest absolute Gasteiger partial charge is 0.369 e. The van der Waals surface area contributed by atoms with Crippen LogP contribution in [-0.2, 0) is 20.6 Å². The number of piperidine rings is 1. The summed E-state index contributed by atoms with van der Waals surface area (Å²) >= 11 is 0. The molecule has 2 fully saturated rings. The fourth-order valence-electron chi connectivity index (χ4n) is 7.24. The lowest BCUT2D eigenvalue weighted by molar-refractivity contribution is -0.201. The highest BCUT2D eigenvalue weighted by Gasteiger charge is 2.50. The number of likely N-dealkylation sites (N-methyl/N-ethyl adjacent to an activating group) is 1. The maximum atomic E-state index is 14.0. The van der Waals surface area contributed by atoms with Crippen molar-refractivity contribution in [2.75, 3.05) is 54.5 Å². The number of alkyl halides is 6. The molecule has 0 radical (unpaired) electrons. The van der Waals surface area contributed by atoms with E-state index in [0.717, 1.165) is 34.4 Å². The first-order chi connectivity index (χ1) is 22.0. The SMILES string of the molecule is C=CC(=O)C1CCN(CCCN2C[C@H]3CC(=O)N(c4cc(C(F)(F)F)cc(C)n4)[C@@H]3C(=O)N(C)c3cccc(C)c32)C[C@@H]1C(F)(F)F. The Morgan fingerprint density at radius 2 is 1.79 bits per heavy atom. The maximum absolute atomic E-state index is 14.0. The third kappa shape index (κ3) is 6.88. The summed E-state index contributed by atoms with van der Waals surface area (Å²) < 4.78 is 82.8. The number of hydrogen-bond donors (Lipinski definition) is 0. The van der Waals surface area contributed by atoms with Gasteiger partial charge in [0.25, 0.3) is 0 Å². The van der Waals surface area contributed by atoms with Crippen molar-refractivity contribution in [3.8, 4) is 0 Å². The quantitative estimate of drug-likeness (QED) is 0.285. The van der Waals surface area contributed by atoms with Crippen LogP contribution in [0.4, 0.5) is 43.5 Å². The van der Waals surface area contributed by atoms with Gasteiger partial charge in [0.1, 0.15) is 11.9 Å². The standard InChI is InChI=1S/C33H37F6N5O3/c1-5-26(45)23-10-13-42(18-24(23)33(37,38)39)11-7-12-43-17-21-15-28(46)44(27-16-22(32(34,35)36)14-20(3)40-27)30(21)31(47)41(4)25-9-6-8-19(2)29(25)43/h5-6,8-9,14,16,21,23-24,30H,1,7,10-13,15,17-18H2,2-4H3/t21-,23?,24+,30+/m1/s1. The number of anilines is 3. The highest BCUT2D eigenvalue weighted by Crippen LogP contribution is 2.42. The van der Waals surface area contributed by atoms with E-state index >= 15 is 0 Å². The van der Waals surface area contributed by atoms with Crippen LogP contribution in [0.25, 0.3) is 0 Å². The summed E-state index contributed by atoms with van der Waals surface area (Å²) in [6, 6.07) is 5.95. The zero-order valence-corrected chi connectivity index (χ0v) is 26.4. The number of ketones is 1. The number of fused-ring (bicyclic) bond motifs is 2. The lowest BCUT2D eigenvalue weighted by atomic mass is 9.82. The first-order valence-corrected chi connectivity index (χ1v) is 15.5. The first-order valence-electron chi connectivity index (χ1n) is 15.5. The number of amides is 2. The maximum Gasteiger partial charge on any atom is 0.416 e. The minimum atomic E-state index is -4.68. The van der Waals surface area contributed by atoms with Crippen molar-refractivity contribution < 1.29 is 40.7 Å². The van der Waals surface area contributed by atoms with Crippen LogP contribution < -0.4 is 14.7 Å². The summed E-state index contributed by atoms with van der Waals surface area (Å²) in [5.41, 5.74) is 1.20. The van der Waals surface area contributed by atoms with Crippen LogP contribution in [0.3, 0.4) is 0 Å². The molecule has 3 aliphatic heterocycles. The fourth-order valence-corrected chi connectivity index (χ4v) is 7.24. The molecule has 0 spiro atoms. The van der Waals surface area contributed by atoms with Crippen molar-refractivity contribution in [1.29, 1.82) is 0 Å². The van der Waals surface area contributed by atoms with Gasteiger partial charge in [-0.05, 0) is 69.6 Å². The van der Waals surface area contributed by atoms with Gasteiger partial charge in [-0.2, -0.15) is 26.3 Å². The van der Waals surface area contributed by atoms with Gasteiger partial charge in [-0.3, -0.25) is 19.3 Å². The number of halogens is 6. The molecule has 4 atom stereocenters. The Labute approximate surface area is 269 Å². The lowest BCUT2D eigenvalue weighted by Crippen LogP contribution is -2.53. The van der Waals surface area contributed by atoms with E-state index in [-0.39, 0.29) is 37.4 Å². The monoisotopic (exact) mass is 665 g/mol. The largest absolute Gasteiger partial charge is 0.416 e. The molecule has 4 heterocycles. The predicted molar refractivity (Wildman–Crippen MR) is 164 cm³/mol. The lowest BCUT2D eigenvalue weighted by Gasteiger charge is -2.40. The van der Waals surface area contributed by atoms with Crippen LogP contribution in [0.5, 0.6) is 0 Å². The summed E-state index contributed by atoms with van der Waals surface area (Å²) in [5.74, 6) is -5.39. The van der Waals surface area contributed by atoms with E-state index in [1.54, 1.807) is 24.1 Å². The van der Waals surface area contributed by atoms with Crippen molar-refractivity contribution in [2.45, 2.75) is 51.5 Å². The highest BCUT2D eigenvalue weighted by molar-refractivity contribution is 6.10. The molecule has 3 aliphatic rings. The van der Waals surface area contributed by atoms with Gasteiger partial charge >= 0.3 is 12.4 Å². The van der Waals surface area contributed by atoms with Gasteiger partial charge in [0.05, 0.1) is 22.9 Å². The number of benzene rings is 1. The van der Waals surface area contributed by atoms with Crippen LogP contribution in [0, 0.1) is 31.6 Å². The number of carbonyl (C=O) groups is 3. The van der Waals surface area contributed by atoms with Crippen LogP contribution in [0.2, 0.25) is 0 Å². The summed E-state index contributed by atoms with van der Waals surface area (Å²) in [4.78, 5) is 50.1. The van der Waals surface area contributed by atoms with Crippen molar-refractivity contribution in [3.63, 3.8) is 0 Å². The molecular formula is C33H37F6N5O3. The van der Waals surface area contributed by atoms with Crippen LogP contribution in [-0.4, -0.2) is 79.5 Å². The van der Waals surface area contributed by atoms with Crippen molar-refractivity contribution >= 4 is 34.8 Å². The van der Waals surface area contributed by atoms with Gasteiger partial charge in [-0.1, -0.05) is 18.7 Å². The van der Waals surface area contributed by atoms with Gasteiger partial charge in [0, 0.05) is 50.6 Å². The number of aryl methyl sites for hydroxylation is 2. The molecule has 1 aromatic heterocycles. The van der Waals surface area contributed by atoms with Crippen LogP contribution in [0.1, 0.15) is 36.1 Å². The van der Waals surface area contributed by atoms with Gasteiger partial charge in [0.2, 0.25) is 11.8 Å². The van der Waals surface area contributed by atoms with Crippen molar-refractivity contribution in [2.24, 2.45) is 17.8 Å². The zero-order valence-electron chi connectivity index (χ0n) is 26.4. The zero-order chi connectivity index (χ0) is 34.4. The molecule has 0 bridgehead atoms. The Balaban J connectivity index is 1.41. The molecule has 2 aromatic rings. The Morgan fingerprint density at radius 3 is 2.45 bits per heavy atom. The second-order valence-corrected chi connectivity index (χ2v) is 12.6. The Bertz CT molecular complexity index is 1560. The second kappa shape index (κ2) is 12.9.